The summed E-state index contributed by atoms with van der Waals surface area (Å²) in [6.07, 6.45) is 7.14. The summed E-state index contributed by atoms with van der Waals surface area (Å²) in [5.41, 5.74) is 2.62. The zero-order valence-electron chi connectivity index (χ0n) is 12.2. The van der Waals surface area contributed by atoms with Crippen LogP contribution in [0.25, 0.3) is 0 Å². The van der Waals surface area contributed by atoms with Crippen molar-refractivity contribution < 1.29 is 4.63 Å². The number of piperidine rings is 1. The molecule has 2 N–H and O–H groups in total. The van der Waals surface area contributed by atoms with E-state index < -0.39 is 0 Å². The lowest BCUT2D eigenvalue weighted by atomic mass is 9.95. The zero-order valence-corrected chi connectivity index (χ0v) is 12.2. The molecule has 0 saturated carbocycles. The molecule has 0 radical (unpaired) electrons. The molecule has 0 bridgehead atoms. The third-order valence-corrected chi connectivity index (χ3v) is 3.79. The summed E-state index contributed by atoms with van der Waals surface area (Å²) in [5.74, 6) is 1.42. The molecule has 1 fully saturated rings. The Kier molecular flexibility index (Phi) is 4.40. The van der Waals surface area contributed by atoms with E-state index >= 15 is 0 Å². The van der Waals surface area contributed by atoms with Crippen LogP contribution in [0.5, 0.6) is 0 Å². The molecule has 1 aliphatic rings. The van der Waals surface area contributed by atoms with Gasteiger partial charge >= 0.3 is 0 Å². The summed E-state index contributed by atoms with van der Waals surface area (Å²) in [7, 11) is 0. The second kappa shape index (κ2) is 6.62. The number of anilines is 1. The van der Waals surface area contributed by atoms with Crippen molar-refractivity contribution in [2.45, 2.75) is 32.7 Å². The van der Waals surface area contributed by atoms with Crippen LogP contribution < -0.4 is 10.6 Å². The summed E-state index contributed by atoms with van der Waals surface area (Å²) in [5, 5.41) is 14.2. The Morgan fingerprint density at radius 2 is 2.29 bits per heavy atom. The molecule has 21 heavy (non-hydrogen) atoms. The monoisotopic (exact) mass is 288 g/mol. The molecule has 1 atom stereocenters. The van der Waals surface area contributed by atoms with Crippen molar-refractivity contribution in [1.29, 1.82) is 0 Å². The van der Waals surface area contributed by atoms with Gasteiger partial charge < -0.3 is 10.6 Å². The first kappa shape index (κ1) is 13.9. The van der Waals surface area contributed by atoms with Gasteiger partial charge in [0.25, 0.3) is 0 Å². The van der Waals surface area contributed by atoms with Gasteiger partial charge in [-0.1, -0.05) is 10.3 Å². The lowest BCUT2D eigenvalue weighted by molar-refractivity contribution is 0.301. The third-order valence-electron chi connectivity index (χ3n) is 3.79. The molecule has 3 rings (SSSR count). The number of rotatable bonds is 5. The third kappa shape index (κ3) is 3.75. The second-order valence-corrected chi connectivity index (χ2v) is 5.46. The highest BCUT2D eigenvalue weighted by molar-refractivity contribution is 5.32. The molecular formula is C14H20N6O. The van der Waals surface area contributed by atoms with Gasteiger partial charge in [-0.25, -0.2) is 9.61 Å². The second-order valence-electron chi connectivity index (χ2n) is 5.46. The van der Waals surface area contributed by atoms with E-state index in [0.29, 0.717) is 12.5 Å². The Bertz CT molecular complexity index is 561. The van der Waals surface area contributed by atoms with Gasteiger partial charge in [0.1, 0.15) is 17.2 Å². The average molecular weight is 288 g/mol. The number of aryl methyl sites for hydroxylation is 1. The van der Waals surface area contributed by atoms with Crippen molar-refractivity contribution in [3.05, 3.63) is 29.5 Å². The quantitative estimate of drug-likeness (QED) is 0.857. The molecule has 2 aromatic rings. The molecule has 0 aliphatic carbocycles. The number of hydrogen-bond donors (Lipinski definition) is 2. The lowest BCUT2D eigenvalue weighted by Crippen LogP contribution is -2.31. The minimum Gasteiger partial charge on any atom is -0.363 e. The Labute approximate surface area is 123 Å². The van der Waals surface area contributed by atoms with E-state index in [1.165, 1.54) is 12.8 Å². The topological polar surface area (TPSA) is 88.8 Å². The number of nitrogens with one attached hydrogen (secondary N) is 2. The first-order valence-electron chi connectivity index (χ1n) is 7.35. The molecule has 7 heteroatoms. The molecule has 7 nitrogen and oxygen atoms in total. The van der Waals surface area contributed by atoms with Crippen molar-refractivity contribution >= 4 is 5.82 Å². The zero-order chi connectivity index (χ0) is 14.5. The van der Waals surface area contributed by atoms with Crippen LogP contribution in [0.3, 0.4) is 0 Å². The fourth-order valence-corrected chi connectivity index (χ4v) is 2.53. The van der Waals surface area contributed by atoms with Crippen LogP contribution >= 0.6 is 0 Å². The summed E-state index contributed by atoms with van der Waals surface area (Å²) in [6, 6.07) is 0. The minimum absolute atomic E-state index is 0.538. The molecule has 0 amide bonds. The smallest absolute Gasteiger partial charge is 0.144 e. The van der Waals surface area contributed by atoms with Gasteiger partial charge in [0.15, 0.2) is 0 Å². The van der Waals surface area contributed by atoms with E-state index in [9.17, 15) is 0 Å². The standard InChI is InChI=1S/C14H20N6O/c1-10-13(20-21-19-10)8-18-14-9-16-12(7-17-14)5-11-3-2-4-15-6-11/h7,9,11,15H,2-6,8H2,1H3,(H,17,18)/t11-/m1/s1. The highest BCUT2D eigenvalue weighted by Gasteiger charge is 2.14. The van der Waals surface area contributed by atoms with Crippen LogP contribution in [0.1, 0.15) is 29.9 Å². The molecule has 0 unspecified atom stereocenters. The predicted molar refractivity (Wildman–Crippen MR) is 77.7 cm³/mol. The maximum atomic E-state index is 4.66. The van der Waals surface area contributed by atoms with Gasteiger partial charge in [0, 0.05) is 0 Å². The highest BCUT2D eigenvalue weighted by atomic mass is 16.6. The van der Waals surface area contributed by atoms with E-state index in [0.717, 1.165) is 42.4 Å². The molecular weight excluding hydrogens is 268 g/mol. The van der Waals surface area contributed by atoms with Crippen LogP contribution in [0, 0.1) is 12.8 Å². The van der Waals surface area contributed by atoms with Crippen molar-refractivity contribution in [1.82, 2.24) is 25.6 Å². The van der Waals surface area contributed by atoms with Crippen LogP contribution in [0.15, 0.2) is 17.0 Å². The fourth-order valence-electron chi connectivity index (χ4n) is 2.53. The Morgan fingerprint density at radius 3 is 2.95 bits per heavy atom. The van der Waals surface area contributed by atoms with Gasteiger partial charge in [-0.05, 0) is 45.2 Å². The van der Waals surface area contributed by atoms with E-state index in [2.05, 4.69) is 35.5 Å². The Hall–Kier alpha value is -2.02. The maximum Gasteiger partial charge on any atom is 0.144 e. The SMILES string of the molecule is Cc1nonc1CNc1cnc(C[C@H]2CCCNC2)cn1. The molecule has 112 valence electrons. The molecule has 0 aromatic carbocycles. The van der Waals surface area contributed by atoms with Gasteiger partial charge in [0.2, 0.25) is 0 Å². The lowest BCUT2D eigenvalue weighted by Gasteiger charge is -2.22. The molecule has 0 spiro atoms. The van der Waals surface area contributed by atoms with Gasteiger partial charge in [-0.3, -0.25) is 4.98 Å². The average Bonchev–Trinajstić information content (AvgIpc) is 2.93. The van der Waals surface area contributed by atoms with Crippen LogP contribution in [-0.4, -0.2) is 33.4 Å². The number of hydrogen-bond acceptors (Lipinski definition) is 7. The van der Waals surface area contributed by atoms with E-state index in [4.69, 9.17) is 0 Å². The van der Waals surface area contributed by atoms with Crippen molar-refractivity contribution in [3.63, 3.8) is 0 Å². The molecule has 1 aliphatic heterocycles. The number of aromatic nitrogens is 4. The number of nitrogens with zero attached hydrogens (tertiary/aromatic N) is 4. The maximum absolute atomic E-state index is 4.66. The highest BCUT2D eigenvalue weighted by Crippen LogP contribution is 2.15. The van der Waals surface area contributed by atoms with E-state index in [1.807, 2.05) is 13.1 Å². The summed E-state index contributed by atoms with van der Waals surface area (Å²) in [4.78, 5) is 8.88. The van der Waals surface area contributed by atoms with E-state index in [-0.39, 0.29) is 0 Å². The molecule has 1 saturated heterocycles. The normalized spacial score (nSPS) is 18.6. The summed E-state index contributed by atoms with van der Waals surface area (Å²) in [6.45, 7) is 4.62. The first-order valence-corrected chi connectivity index (χ1v) is 7.35. The minimum atomic E-state index is 0.538. The largest absolute Gasteiger partial charge is 0.363 e. The molecule has 2 aromatic heterocycles. The Balaban J connectivity index is 1.52. The first-order chi connectivity index (χ1) is 10.3. The van der Waals surface area contributed by atoms with Gasteiger partial charge in [-0.15, -0.1) is 0 Å². The van der Waals surface area contributed by atoms with E-state index in [1.54, 1.807) is 6.20 Å². The summed E-state index contributed by atoms with van der Waals surface area (Å²) >= 11 is 0. The van der Waals surface area contributed by atoms with Crippen molar-refractivity contribution in [2.75, 3.05) is 18.4 Å². The van der Waals surface area contributed by atoms with Crippen molar-refractivity contribution in [3.8, 4) is 0 Å². The Morgan fingerprint density at radius 1 is 1.33 bits per heavy atom. The van der Waals surface area contributed by atoms with Gasteiger partial charge in [-0.2, -0.15) is 0 Å². The van der Waals surface area contributed by atoms with Crippen LogP contribution in [0.2, 0.25) is 0 Å². The summed E-state index contributed by atoms with van der Waals surface area (Å²) < 4.78 is 4.66. The fraction of sp³-hybridized carbons (Fsp3) is 0.571. The van der Waals surface area contributed by atoms with Crippen molar-refractivity contribution in [2.24, 2.45) is 5.92 Å². The predicted octanol–water partition coefficient (Wildman–Crippen LogP) is 1.32. The van der Waals surface area contributed by atoms with Gasteiger partial charge in [0.05, 0.1) is 24.6 Å². The van der Waals surface area contributed by atoms with Crippen LogP contribution in [-0.2, 0) is 13.0 Å². The van der Waals surface area contributed by atoms with Crippen LogP contribution in [0.4, 0.5) is 5.82 Å². The molecule has 3 heterocycles.